The number of methoxy groups -OCH3 is 1. The molecule has 0 fully saturated rings. The first-order valence-electron chi connectivity index (χ1n) is 7.73. The van der Waals surface area contributed by atoms with Gasteiger partial charge >= 0.3 is 6.61 Å². The second-order valence-electron chi connectivity index (χ2n) is 5.55. The number of fused-ring (bicyclic) bond motifs is 1. The zero-order chi connectivity index (χ0) is 17.8. The fourth-order valence-corrected chi connectivity index (χ4v) is 2.52. The molecule has 0 aliphatic carbocycles. The number of aryl methyl sites for hydroxylation is 1. The molecule has 0 aliphatic heterocycles. The van der Waals surface area contributed by atoms with E-state index < -0.39 is 6.61 Å². The Bertz CT molecular complexity index is 923. The van der Waals surface area contributed by atoms with Crippen molar-refractivity contribution in [3.8, 4) is 11.5 Å². The topological polar surface area (TPSA) is 31.4 Å². The molecule has 0 bridgehead atoms. The largest absolute Gasteiger partial charge is 0.493 e. The highest BCUT2D eigenvalue weighted by atomic mass is 19.3. The summed E-state index contributed by atoms with van der Waals surface area (Å²) in [6.07, 6.45) is 3.71. The van der Waals surface area contributed by atoms with Crippen LogP contribution in [-0.4, -0.2) is 18.7 Å². The van der Waals surface area contributed by atoms with Crippen LogP contribution in [0.15, 0.2) is 48.5 Å². The van der Waals surface area contributed by atoms with Gasteiger partial charge in [-0.2, -0.15) is 8.78 Å². The van der Waals surface area contributed by atoms with Crippen LogP contribution in [0.4, 0.5) is 8.78 Å². The minimum atomic E-state index is -2.89. The Kier molecular flexibility index (Phi) is 4.93. The molecule has 0 atom stereocenters. The minimum Gasteiger partial charge on any atom is -0.493 e. The van der Waals surface area contributed by atoms with E-state index in [1.165, 1.54) is 18.7 Å². The van der Waals surface area contributed by atoms with Crippen molar-refractivity contribution >= 4 is 23.1 Å². The number of nitrogens with zero attached hydrogens (tertiary/aromatic N) is 1. The van der Waals surface area contributed by atoms with Gasteiger partial charge in [0.05, 0.1) is 18.3 Å². The Morgan fingerprint density at radius 2 is 1.80 bits per heavy atom. The Morgan fingerprint density at radius 1 is 0.960 bits per heavy atom. The number of hydrogen-bond acceptors (Lipinski definition) is 3. The van der Waals surface area contributed by atoms with Crippen molar-refractivity contribution in [2.75, 3.05) is 7.11 Å². The number of pyridine rings is 1. The van der Waals surface area contributed by atoms with Crippen molar-refractivity contribution in [1.29, 1.82) is 0 Å². The van der Waals surface area contributed by atoms with E-state index >= 15 is 0 Å². The zero-order valence-corrected chi connectivity index (χ0v) is 13.9. The predicted octanol–water partition coefficient (Wildman–Crippen LogP) is 5.32. The van der Waals surface area contributed by atoms with Gasteiger partial charge in [-0.05, 0) is 48.9 Å². The number of hydrogen-bond donors (Lipinski definition) is 0. The van der Waals surface area contributed by atoms with Crippen molar-refractivity contribution in [2.24, 2.45) is 0 Å². The van der Waals surface area contributed by atoms with Gasteiger partial charge in [-0.25, -0.2) is 4.98 Å². The van der Waals surface area contributed by atoms with Crippen LogP contribution in [0, 0.1) is 6.92 Å². The molecule has 1 aromatic heterocycles. The summed E-state index contributed by atoms with van der Waals surface area (Å²) in [6.45, 7) is -0.845. The fraction of sp³-hybridized carbons (Fsp3) is 0.150. The standard InChI is InChI=1S/C20H17F2NO2/c1-13-3-9-17-15(11-13)6-8-16(23-17)7-4-14-5-10-18(25-20(21)22)19(12-14)24-2/h3-12,20H,1-2H3/b7-4+. The Hall–Kier alpha value is -2.95. The molecule has 0 spiro atoms. The number of aromatic nitrogens is 1. The van der Waals surface area contributed by atoms with Crippen LogP contribution in [0.1, 0.15) is 16.8 Å². The molecule has 0 radical (unpaired) electrons. The first kappa shape index (κ1) is 16.9. The maximum atomic E-state index is 12.4. The van der Waals surface area contributed by atoms with Crippen molar-refractivity contribution in [3.63, 3.8) is 0 Å². The third-order valence-electron chi connectivity index (χ3n) is 3.72. The summed E-state index contributed by atoms with van der Waals surface area (Å²) < 4.78 is 34.2. The van der Waals surface area contributed by atoms with E-state index in [1.54, 1.807) is 12.1 Å². The molecule has 0 N–H and O–H groups in total. The normalized spacial score (nSPS) is 11.4. The van der Waals surface area contributed by atoms with Crippen molar-refractivity contribution in [3.05, 3.63) is 65.4 Å². The van der Waals surface area contributed by atoms with E-state index in [4.69, 9.17) is 4.74 Å². The van der Waals surface area contributed by atoms with Crippen LogP contribution in [0.25, 0.3) is 23.1 Å². The second kappa shape index (κ2) is 7.30. The Labute approximate surface area is 144 Å². The predicted molar refractivity (Wildman–Crippen MR) is 95.0 cm³/mol. The number of alkyl halides is 2. The Balaban J connectivity index is 1.85. The summed E-state index contributed by atoms with van der Waals surface area (Å²) in [7, 11) is 1.41. The number of ether oxygens (including phenoxy) is 2. The molecule has 0 saturated heterocycles. The third-order valence-corrected chi connectivity index (χ3v) is 3.72. The molecule has 5 heteroatoms. The first-order valence-corrected chi connectivity index (χ1v) is 7.73. The molecule has 3 rings (SSSR count). The summed E-state index contributed by atoms with van der Waals surface area (Å²) in [5.41, 5.74) is 3.72. The number of benzene rings is 2. The monoisotopic (exact) mass is 341 g/mol. The highest BCUT2D eigenvalue weighted by molar-refractivity contribution is 5.81. The van der Waals surface area contributed by atoms with Crippen LogP contribution < -0.4 is 9.47 Å². The highest BCUT2D eigenvalue weighted by Crippen LogP contribution is 2.30. The van der Waals surface area contributed by atoms with Gasteiger partial charge in [-0.15, -0.1) is 0 Å². The SMILES string of the molecule is COc1cc(/C=C/c2ccc3cc(C)ccc3n2)ccc1OC(F)F. The lowest BCUT2D eigenvalue weighted by Gasteiger charge is -2.10. The van der Waals surface area contributed by atoms with Crippen molar-refractivity contribution in [1.82, 2.24) is 4.98 Å². The molecule has 0 saturated carbocycles. The van der Waals surface area contributed by atoms with Gasteiger partial charge in [0.25, 0.3) is 0 Å². The Morgan fingerprint density at radius 3 is 2.56 bits per heavy atom. The number of halogens is 2. The van der Waals surface area contributed by atoms with Crippen molar-refractivity contribution < 1.29 is 18.3 Å². The van der Waals surface area contributed by atoms with E-state index in [2.05, 4.69) is 15.8 Å². The highest BCUT2D eigenvalue weighted by Gasteiger charge is 2.10. The van der Waals surface area contributed by atoms with Gasteiger partial charge in [0, 0.05) is 5.39 Å². The molecular formula is C20H17F2NO2. The van der Waals surface area contributed by atoms with Gasteiger partial charge in [0.15, 0.2) is 11.5 Å². The summed E-state index contributed by atoms with van der Waals surface area (Å²) in [5.74, 6) is 0.262. The molecule has 0 amide bonds. The van der Waals surface area contributed by atoms with Crippen LogP contribution in [0.3, 0.4) is 0 Å². The van der Waals surface area contributed by atoms with Crippen LogP contribution >= 0.6 is 0 Å². The van der Waals surface area contributed by atoms with Gasteiger partial charge in [-0.1, -0.05) is 29.8 Å². The second-order valence-corrected chi connectivity index (χ2v) is 5.55. The quantitative estimate of drug-likeness (QED) is 0.629. The molecule has 0 aliphatic rings. The fourth-order valence-electron chi connectivity index (χ4n) is 2.52. The van der Waals surface area contributed by atoms with Gasteiger partial charge in [0.1, 0.15) is 0 Å². The molecule has 1 heterocycles. The lowest BCUT2D eigenvalue weighted by molar-refractivity contribution is -0.0512. The van der Waals surface area contributed by atoms with E-state index in [-0.39, 0.29) is 11.5 Å². The summed E-state index contributed by atoms with van der Waals surface area (Å²) in [6, 6.07) is 14.8. The molecule has 2 aromatic carbocycles. The lowest BCUT2D eigenvalue weighted by Crippen LogP contribution is -2.03. The van der Waals surface area contributed by atoms with Crippen molar-refractivity contribution in [2.45, 2.75) is 13.5 Å². The van der Waals surface area contributed by atoms with E-state index in [0.717, 1.165) is 22.2 Å². The molecule has 128 valence electrons. The average molecular weight is 341 g/mol. The maximum Gasteiger partial charge on any atom is 0.387 e. The molecule has 3 aromatic rings. The summed E-state index contributed by atoms with van der Waals surface area (Å²) >= 11 is 0. The van der Waals surface area contributed by atoms with Crippen LogP contribution in [0.5, 0.6) is 11.5 Å². The first-order chi connectivity index (χ1) is 12.0. The summed E-state index contributed by atoms with van der Waals surface area (Å²) in [5, 5.41) is 1.09. The van der Waals surface area contributed by atoms with Crippen LogP contribution in [0.2, 0.25) is 0 Å². The third kappa shape index (κ3) is 4.12. The van der Waals surface area contributed by atoms with Gasteiger partial charge in [-0.3, -0.25) is 0 Å². The molecular weight excluding hydrogens is 324 g/mol. The minimum absolute atomic E-state index is 0.00819. The number of rotatable bonds is 5. The lowest BCUT2D eigenvalue weighted by atomic mass is 10.1. The van der Waals surface area contributed by atoms with E-state index in [9.17, 15) is 8.78 Å². The van der Waals surface area contributed by atoms with Gasteiger partial charge < -0.3 is 9.47 Å². The molecule has 25 heavy (non-hydrogen) atoms. The smallest absolute Gasteiger partial charge is 0.387 e. The molecule has 0 unspecified atom stereocenters. The molecule has 3 nitrogen and oxygen atoms in total. The van der Waals surface area contributed by atoms with E-state index in [1.807, 2.05) is 43.3 Å². The zero-order valence-electron chi connectivity index (χ0n) is 13.9. The average Bonchev–Trinajstić information content (AvgIpc) is 2.60. The maximum absolute atomic E-state index is 12.4. The van der Waals surface area contributed by atoms with E-state index in [0.29, 0.717) is 0 Å². The summed E-state index contributed by atoms with van der Waals surface area (Å²) in [4.78, 5) is 4.59. The van der Waals surface area contributed by atoms with Crippen LogP contribution in [-0.2, 0) is 0 Å². The van der Waals surface area contributed by atoms with Gasteiger partial charge in [0.2, 0.25) is 0 Å².